The first-order valence-electron chi connectivity index (χ1n) is 11.5. The Kier molecular flexibility index (Phi) is 6.13. The van der Waals surface area contributed by atoms with E-state index < -0.39 is 0 Å². The molecule has 2 aromatic heterocycles. The van der Waals surface area contributed by atoms with Crippen molar-refractivity contribution in [2.45, 2.75) is 50.2 Å². The Balaban J connectivity index is 1.60. The molecule has 1 N–H and O–H groups in total. The Morgan fingerprint density at radius 3 is 2.70 bits per heavy atom. The second-order valence-electron chi connectivity index (χ2n) is 8.67. The van der Waals surface area contributed by atoms with Crippen molar-refractivity contribution in [3.05, 3.63) is 83.9 Å². The number of benzene rings is 1. The molecule has 1 saturated carbocycles. The fraction of sp³-hybridized carbons (Fsp3) is 0.346. The second kappa shape index (κ2) is 9.35. The van der Waals surface area contributed by atoms with Gasteiger partial charge in [-0.3, -0.25) is 4.98 Å². The van der Waals surface area contributed by atoms with Crippen LogP contribution in [0.4, 0.5) is 0 Å². The van der Waals surface area contributed by atoms with E-state index in [4.69, 9.17) is 17.0 Å². The van der Waals surface area contributed by atoms with E-state index in [1.54, 1.807) is 6.07 Å². The number of pyridine rings is 1. The first kappa shape index (κ1) is 21.6. The molecule has 0 amide bonds. The fourth-order valence-electron chi connectivity index (χ4n) is 5.21. The Hall–Kier alpha value is -3.19. The quantitative estimate of drug-likeness (QED) is 0.429. The second-order valence-corrected chi connectivity index (χ2v) is 9.06. The summed E-state index contributed by atoms with van der Waals surface area (Å²) in [6, 6.07) is 18.1. The zero-order valence-corrected chi connectivity index (χ0v) is 19.5. The zero-order chi connectivity index (χ0) is 22.8. The predicted molar refractivity (Wildman–Crippen MR) is 131 cm³/mol. The van der Waals surface area contributed by atoms with Gasteiger partial charge < -0.3 is 19.5 Å². The van der Waals surface area contributed by atoms with Crippen molar-refractivity contribution >= 4 is 23.3 Å². The van der Waals surface area contributed by atoms with Crippen LogP contribution in [0.3, 0.4) is 0 Å². The molecule has 0 spiro atoms. The van der Waals surface area contributed by atoms with Gasteiger partial charge in [-0.05, 0) is 67.5 Å². The summed E-state index contributed by atoms with van der Waals surface area (Å²) in [5, 5.41) is 4.37. The topological polar surface area (TPSA) is 59.4 Å². The number of nitrogens with one attached hydrogen (secondary N) is 1. The molecule has 3 aromatic rings. The monoisotopic (exact) mass is 460 g/mol. The lowest BCUT2D eigenvalue weighted by Crippen LogP contribution is -2.40. The third-order valence-corrected chi connectivity index (χ3v) is 7.06. The van der Waals surface area contributed by atoms with Crippen molar-refractivity contribution in [2.24, 2.45) is 0 Å². The van der Waals surface area contributed by atoms with Crippen LogP contribution in [0.25, 0.3) is 5.69 Å². The smallest absolute Gasteiger partial charge is 0.337 e. The van der Waals surface area contributed by atoms with Crippen LogP contribution < -0.4 is 5.32 Å². The summed E-state index contributed by atoms with van der Waals surface area (Å²) in [5.41, 5.74) is 3.53. The lowest BCUT2D eigenvalue weighted by atomic mass is 9.92. The number of hydrogen-bond acceptors (Lipinski definition) is 4. The van der Waals surface area contributed by atoms with Gasteiger partial charge in [0.1, 0.15) is 0 Å². The number of rotatable bonds is 5. The van der Waals surface area contributed by atoms with E-state index in [0.29, 0.717) is 11.6 Å². The maximum absolute atomic E-state index is 12.1. The molecule has 1 aromatic carbocycles. The Labute approximate surface area is 199 Å². The number of nitrogens with zero attached hydrogens (tertiary/aromatic N) is 3. The molecule has 0 bridgehead atoms. The van der Waals surface area contributed by atoms with Crippen LogP contribution in [-0.2, 0) is 4.74 Å². The summed E-state index contributed by atoms with van der Waals surface area (Å²) in [6.45, 7) is 0. The number of carbonyl (C=O) groups is 1. The van der Waals surface area contributed by atoms with Gasteiger partial charge in [-0.15, -0.1) is 0 Å². The van der Waals surface area contributed by atoms with Gasteiger partial charge in [-0.2, -0.15) is 0 Å². The summed E-state index contributed by atoms with van der Waals surface area (Å²) in [7, 11) is 1.40. The van der Waals surface area contributed by atoms with Crippen molar-refractivity contribution in [2.75, 3.05) is 7.11 Å². The van der Waals surface area contributed by atoms with Gasteiger partial charge in [0.2, 0.25) is 0 Å². The molecular weight excluding hydrogens is 432 g/mol. The molecular formula is C26H28N4O2S. The molecule has 6 nitrogen and oxygen atoms in total. The molecule has 1 aliphatic carbocycles. The van der Waals surface area contributed by atoms with Crippen LogP contribution >= 0.6 is 12.2 Å². The Bertz CT molecular complexity index is 1140. The van der Waals surface area contributed by atoms with Gasteiger partial charge in [0.05, 0.1) is 30.5 Å². The number of hydrogen-bond donors (Lipinski definition) is 1. The Morgan fingerprint density at radius 2 is 1.94 bits per heavy atom. The maximum Gasteiger partial charge on any atom is 0.337 e. The summed E-state index contributed by atoms with van der Waals surface area (Å²) >= 11 is 5.90. The van der Waals surface area contributed by atoms with E-state index in [2.05, 4.69) is 38.0 Å². The third-order valence-electron chi connectivity index (χ3n) is 6.73. The summed E-state index contributed by atoms with van der Waals surface area (Å²) < 4.78 is 7.08. The van der Waals surface area contributed by atoms with Crippen LogP contribution in [0.1, 0.15) is 65.9 Å². The number of ether oxygens (including phenoxy) is 1. The van der Waals surface area contributed by atoms with Gasteiger partial charge >= 0.3 is 5.97 Å². The van der Waals surface area contributed by atoms with Gasteiger partial charge in [0.15, 0.2) is 5.11 Å². The predicted octanol–water partition coefficient (Wildman–Crippen LogP) is 4.96. The number of esters is 1. The highest BCUT2D eigenvalue weighted by Crippen LogP contribution is 2.43. The normalized spacial score (nSPS) is 21.1. The van der Waals surface area contributed by atoms with Gasteiger partial charge in [-0.1, -0.05) is 31.4 Å². The van der Waals surface area contributed by atoms with Gasteiger partial charge in [0, 0.05) is 29.8 Å². The highest BCUT2D eigenvalue weighted by atomic mass is 32.1. The lowest BCUT2D eigenvalue weighted by Gasteiger charge is -2.37. The molecule has 2 fully saturated rings. The molecule has 0 radical (unpaired) electrons. The minimum absolute atomic E-state index is 0.00715. The molecule has 1 aliphatic heterocycles. The number of thiocarbonyl (C=S) groups is 1. The highest BCUT2D eigenvalue weighted by molar-refractivity contribution is 7.80. The van der Waals surface area contributed by atoms with Crippen LogP contribution in [0, 0.1) is 0 Å². The molecule has 2 aliphatic rings. The molecule has 33 heavy (non-hydrogen) atoms. The molecule has 3 heterocycles. The van der Waals surface area contributed by atoms with Gasteiger partial charge in [0.25, 0.3) is 0 Å². The number of methoxy groups -OCH3 is 1. The first-order chi connectivity index (χ1) is 16.2. The van der Waals surface area contributed by atoms with E-state index >= 15 is 0 Å². The number of aromatic nitrogens is 2. The first-order valence-corrected chi connectivity index (χ1v) is 11.9. The van der Waals surface area contributed by atoms with Crippen molar-refractivity contribution in [3.8, 4) is 5.69 Å². The van der Waals surface area contributed by atoms with Crippen LogP contribution in [0.15, 0.2) is 67.0 Å². The summed E-state index contributed by atoms with van der Waals surface area (Å²) in [4.78, 5) is 19.2. The van der Waals surface area contributed by atoms with E-state index in [1.807, 2.05) is 42.7 Å². The largest absolute Gasteiger partial charge is 0.465 e. The van der Waals surface area contributed by atoms with Crippen LogP contribution in [0.5, 0.6) is 0 Å². The van der Waals surface area contributed by atoms with E-state index in [1.165, 1.54) is 26.4 Å². The molecule has 2 atom stereocenters. The van der Waals surface area contributed by atoms with Crippen molar-refractivity contribution in [1.82, 2.24) is 19.8 Å². The van der Waals surface area contributed by atoms with Crippen molar-refractivity contribution in [1.29, 1.82) is 0 Å². The third kappa shape index (κ3) is 4.13. The minimum Gasteiger partial charge on any atom is -0.465 e. The van der Waals surface area contributed by atoms with Crippen LogP contribution in [-0.4, -0.2) is 38.7 Å². The SMILES string of the molecule is COC(=O)c1cccc(-n2cccc2[C@H]2[C@H](c3ccccn3)NC(=S)N2C2CCCCC2)c1. The maximum atomic E-state index is 12.1. The Morgan fingerprint density at radius 1 is 1.09 bits per heavy atom. The van der Waals surface area contributed by atoms with E-state index in [9.17, 15) is 4.79 Å². The lowest BCUT2D eigenvalue weighted by molar-refractivity contribution is 0.0600. The molecule has 170 valence electrons. The van der Waals surface area contributed by atoms with E-state index in [-0.39, 0.29) is 18.1 Å². The summed E-state index contributed by atoms with van der Waals surface area (Å²) in [6.07, 6.45) is 9.91. The van der Waals surface area contributed by atoms with Crippen LogP contribution in [0.2, 0.25) is 0 Å². The zero-order valence-electron chi connectivity index (χ0n) is 18.7. The highest BCUT2D eigenvalue weighted by Gasteiger charge is 2.44. The molecule has 5 rings (SSSR count). The van der Waals surface area contributed by atoms with E-state index in [0.717, 1.165) is 35.0 Å². The average Bonchev–Trinajstić information content (AvgIpc) is 3.49. The van der Waals surface area contributed by atoms with Crippen molar-refractivity contribution in [3.63, 3.8) is 0 Å². The molecule has 1 saturated heterocycles. The molecule has 7 heteroatoms. The fourth-order valence-corrected chi connectivity index (χ4v) is 5.59. The average molecular weight is 461 g/mol. The standard InChI is InChI=1S/C26H28N4O2S/c1-32-25(31)18-9-7-12-20(17-18)29-16-8-14-22(29)24-23(21-13-5-6-15-27-21)28-26(33)30(24)19-10-3-2-4-11-19/h5-9,12-17,19,23-24H,2-4,10-11H2,1H3,(H,28,33)/t23-,24-/m0/s1. The number of carbonyl (C=O) groups excluding carboxylic acids is 1. The minimum atomic E-state index is -0.343. The molecule has 0 unspecified atom stereocenters. The summed E-state index contributed by atoms with van der Waals surface area (Å²) in [5.74, 6) is -0.343. The van der Waals surface area contributed by atoms with Crippen molar-refractivity contribution < 1.29 is 9.53 Å². The van der Waals surface area contributed by atoms with Gasteiger partial charge in [-0.25, -0.2) is 4.79 Å².